The first-order valence-electron chi connectivity index (χ1n) is 14.7. The molecule has 15 heteroatoms. The molecule has 2 aromatic heterocycles. The van der Waals surface area contributed by atoms with Crippen LogP contribution >= 0.6 is 11.3 Å². The van der Waals surface area contributed by atoms with E-state index in [4.69, 9.17) is 4.74 Å². The highest BCUT2D eigenvalue weighted by Crippen LogP contribution is 2.33. The Labute approximate surface area is 263 Å². The van der Waals surface area contributed by atoms with Crippen molar-refractivity contribution in [1.29, 1.82) is 0 Å². The molecule has 1 amide bonds. The summed E-state index contributed by atoms with van der Waals surface area (Å²) in [6.45, 7) is 12.8. The van der Waals surface area contributed by atoms with Gasteiger partial charge in [0.2, 0.25) is 0 Å². The molecule has 0 spiro atoms. The Hall–Kier alpha value is -3.69. The summed E-state index contributed by atoms with van der Waals surface area (Å²) in [7, 11) is 0. The molecule has 2 aliphatic heterocycles. The molecule has 10 nitrogen and oxygen atoms in total. The van der Waals surface area contributed by atoms with Crippen LogP contribution in [0.2, 0.25) is 0 Å². The predicted molar refractivity (Wildman–Crippen MR) is 165 cm³/mol. The van der Waals surface area contributed by atoms with Crippen LogP contribution < -0.4 is 10.2 Å². The number of allylic oxidation sites excluding steroid dienone is 5. The summed E-state index contributed by atoms with van der Waals surface area (Å²) >= 11 is 1.22. The number of amides is 1. The van der Waals surface area contributed by atoms with E-state index in [-0.39, 0.29) is 23.3 Å². The van der Waals surface area contributed by atoms with Crippen LogP contribution in [0.4, 0.5) is 28.5 Å². The van der Waals surface area contributed by atoms with Crippen molar-refractivity contribution < 1.29 is 31.9 Å². The molecule has 1 atom stereocenters. The van der Waals surface area contributed by atoms with Crippen LogP contribution in [0.3, 0.4) is 0 Å². The fourth-order valence-corrected chi connectivity index (χ4v) is 6.13. The predicted octanol–water partition coefficient (Wildman–Crippen LogP) is 5.23. The number of piperazine rings is 1. The SMILES string of the molecule is C=C(/C=C(F)\C=C(/C)c1nc(NC(=O)c2cnc(N3CCN(CC(=O)OCC)CC3)cn2)sc1CN1CCC[C@H]1C)C(F)(F)F. The number of hydrogen-bond donors (Lipinski definition) is 1. The number of carbonyl (C=O) groups excluding carboxylic acids is 2. The van der Waals surface area contributed by atoms with Gasteiger partial charge in [-0.15, -0.1) is 0 Å². The summed E-state index contributed by atoms with van der Waals surface area (Å²) in [4.78, 5) is 45.0. The molecule has 4 rings (SSSR count). The standard InChI is InChI=1S/C30H37F4N7O3S/c1-5-44-26(42)18-39-9-11-40(12-10-39)25-16-35-23(15-36-25)28(43)38-29-37-27(24(45-29)17-41-8-6-7-21(41)4)19(2)13-22(31)14-20(3)30(32,33)34/h13-16,21H,3,5-12,17-18H2,1-2,4H3,(H,37,38,43)/b19-13+,22-14+/t21-/m1/s1. The number of halogens is 4. The van der Waals surface area contributed by atoms with Gasteiger partial charge in [0, 0.05) is 43.6 Å². The molecule has 0 radical (unpaired) electrons. The highest BCUT2D eigenvalue weighted by atomic mass is 32.1. The lowest BCUT2D eigenvalue weighted by Gasteiger charge is -2.34. The van der Waals surface area contributed by atoms with Gasteiger partial charge in [-0.3, -0.25) is 24.7 Å². The number of rotatable bonds is 11. The van der Waals surface area contributed by atoms with Gasteiger partial charge in [0.15, 0.2) is 5.13 Å². The quantitative estimate of drug-likeness (QED) is 0.199. The van der Waals surface area contributed by atoms with Crippen molar-refractivity contribution in [2.24, 2.45) is 0 Å². The van der Waals surface area contributed by atoms with Crippen molar-refractivity contribution in [2.75, 3.05) is 56.1 Å². The molecular formula is C30H37F4N7O3S. The molecule has 1 N–H and O–H groups in total. The third-order valence-corrected chi connectivity index (χ3v) is 8.54. The molecule has 4 heterocycles. The lowest BCUT2D eigenvalue weighted by atomic mass is 10.1. The first-order chi connectivity index (χ1) is 21.3. The Balaban J connectivity index is 1.45. The molecule has 2 saturated heterocycles. The van der Waals surface area contributed by atoms with Gasteiger partial charge >= 0.3 is 12.1 Å². The molecular weight excluding hydrogens is 614 g/mol. The van der Waals surface area contributed by atoms with Crippen LogP contribution in [0.5, 0.6) is 0 Å². The molecule has 0 aliphatic carbocycles. The number of anilines is 2. The van der Waals surface area contributed by atoms with Gasteiger partial charge in [-0.05, 0) is 57.9 Å². The number of nitrogens with zero attached hydrogens (tertiary/aromatic N) is 6. The van der Waals surface area contributed by atoms with Crippen molar-refractivity contribution in [3.8, 4) is 0 Å². The number of nitrogens with one attached hydrogen (secondary N) is 1. The second-order valence-electron chi connectivity index (χ2n) is 10.9. The fraction of sp³-hybridized carbons (Fsp3) is 0.500. The third-order valence-electron chi connectivity index (χ3n) is 7.58. The normalized spacial score (nSPS) is 18.7. The van der Waals surface area contributed by atoms with E-state index in [9.17, 15) is 27.2 Å². The highest BCUT2D eigenvalue weighted by molar-refractivity contribution is 7.16. The van der Waals surface area contributed by atoms with E-state index < -0.39 is 23.5 Å². The van der Waals surface area contributed by atoms with E-state index in [0.717, 1.165) is 30.3 Å². The largest absolute Gasteiger partial charge is 0.465 e. The van der Waals surface area contributed by atoms with Gasteiger partial charge in [-0.2, -0.15) is 13.2 Å². The third kappa shape index (κ3) is 9.41. The number of carbonyl (C=O) groups is 2. The molecule has 0 saturated carbocycles. The van der Waals surface area contributed by atoms with Crippen molar-refractivity contribution in [1.82, 2.24) is 24.8 Å². The van der Waals surface area contributed by atoms with Gasteiger partial charge in [-0.25, -0.2) is 19.3 Å². The van der Waals surface area contributed by atoms with E-state index in [1.54, 1.807) is 13.8 Å². The van der Waals surface area contributed by atoms with E-state index >= 15 is 0 Å². The molecule has 2 aromatic rings. The number of aromatic nitrogens is 3. The topological polar surface area (TPSA) is 104 Å². The second-order valence-corrected chi connectivity index (χ2v) is 12.0. The van der Waals surface area contributed by atoms with Gasteiger partial charge in [0.05, 0.1) is 36.8 Å². The average molecular weight is 652 g/mol. The summed E-state index contributed by atoms with van der Waals surface area (Å²) in [5, 5.41) is 2.98. The fourth-order valence-electron chi connectivity index (χ4n) is 5.08. The Morgan fingerprint density at radius 1 is 1.16 bits per heavy atom. The number of alkyl halides is 3. The number of thiazole rings is 1. The van der Waals surface area contributed by atoms with Crippen LogP contribution in [0.25, 0.3) is 5.57 Å². The Morgan fingerprint density at radius 3 is 2.49 bits per heavy atom. The van der Waals surface area contributed by atoms with E-state index in [1.165, 1.54) is 23.7 Å². The molecule has 0 unspecified atom stereocenters. The maximum atomic E-state index is 14.5. The Bertz CT molecular complexity index is 1430. The maximum absolute atomic E-state index is 14.5. The number of likely N-dealkylation sites (tertiary alicyclic amines) is 1. The minimum absolute atomic E-state index is 0.0677. The number of ether oxygens (including phenoxy) is 1. The van der Waals surface area contributed by atoms with Crippen LogP contribution in [0.1, 0.15) is 54.7 Å². The zero-order valence-corrected chi connectivity index (χ0v) is 26.3. The van der Waals surface area contributed by atoms with Crippen molar-refractivity contribution in [3.63, 3.8) is 0 Å². The highest BCUT2D eigenvalue weighted by Gasteiger charge is 2.31. The minimum Gasteiger partial charge on any atom is -0.465 e. The smallest absolute Gasteiger partial charge is 0.415 e. The van der Waals surface area contributed by atoms with Crippen molar-refractivity contribution >= 4 is 39.7 Å². The van der Waals surface area contributed by atoms with E-state index in [0.29, 0.717) is 68.5 Å². The lowest BCUT2D eigenvalue weighted by Crippen LogP contribution is -2.48. The van der Waals surface area contributed by atoms with Crippen molar-refractivity contribution in [3.05, 3.63) is 58.8 Å². The van der Waals surface area contributed by atoms with Gasteiger partial charge in [-0.1, -0.05) is 17.9 Å². The summed E-state index contributed by atoms with van der Waals surface area (Å²) in [5.41, 5.74) is -0.536. The first-order valence-corrected chi connectivity index (χ1v) is 15.5. The van der Waals surface area contributed by atoms with Gasteiger partial charge in [0.1, 0.15) is 17.3 Å². The number of hydrogen-bond acceptors (Lipinski definition) is 10. The Morgan fingerprint density at radius 2 is 1.89 bits per heavy atom. The average Bonchev–Trinajstić information content (AvgIpc) is 3.58. The summed E-state index contributed by atoms with van der Waals surface area (Å²) in [5.74, 6) is -1.30. The molecule has 244 valence electrons. The first kappa shape index (κ1) is 34.2. The van der Waals surface area contributed by atoms with Crippen LogP contribution in [-0.4, -0.2) is 94.7 Å². The summed E-state index contributed by atoms with van der Waals surface area (Å²) in [6.07, 6.45) is 1.53. The second kappa shape index (κ2) is 15.1. The van der Waals surface area contributed by atoms with Crippen LogP contribution in [0.15, 0.2) is 42.5 Å². The molecule has 2 aliphatic rings. The van der Waals surface area contributed by atoms with Gasteiger partial charge < -0.3 is 9.64 Å². The molecule has 45 heavy (non-hydrogen) atoms. The van der Waals surface area contributed by atoms with Crippen LogP contribution in [-0.2, 0) is 16.1 Å². The maximum Gasteiger partial charge on any atom is 0.415 e. The lowest BCUT2D eigenvalue weighted by molar-refractivity contribution is -0.144. The monoisotopic (exact) mass is 651 g/mol. The van der Waals surface area contributed by atoms with Gasteiger partial charge in [0.25, 0.3) is 5.91 Å². The summed E-state index contributed by atoms with van der Waals surface area (Å²) in [6, 6.07) is 0.323. The Kier molecular flexibility index (Phi) is 11.4. The zero-order valence-electron chi connectivity index (χ0n) is 25.5. The van der Waals surface area contributed by atoms with Crippen molar-refractivity contribution in [2.45, 2.75) is 52.4 Å². The molecule has 0 bridgehead atoms. The zero-order chi connectivity index (χ0) is 32.7. The van der Waals surface area contributed by atoms with E-state index in [1.807, 2.05) is 9.80 Å². The molecule has 0 aromatic carbocycles. The minimum atomic E-state index is -4.74. The van der Waals surface area contributed by atoms with E-state index in [2.05, 4.69) is 38.7 Å². The molecule has 2 fully saturated rings. The summed E-state index contributed by atoms with van der Waals surface area (Å²) < 4.78 is 58.0. The number of esters is 1. The van der Waals surface area contributed by atoms with Crippen LogP contribution in [0, 0.1) is 0 Å².